The van der Waals surface area contributed by atoms with Crippen LogP contribution in [0.15, 0.2) is 12.2 Å². The van der Waals surface area contributed by atoms with Crippen LogP contribution < -0.4 is 5.32 Å². The van der Waals surface area contributed by atoms with Gasteiger partial charge in [0.1, 0.15) is 0 Å². The minimum Gasteiger partial charge on any atom is -0.356 e. The molecule has 22 heavy (non-hydrogen) atoms. The normalized spacial score (nSPS) is 11.5. The Hall–Kier alpha value is -0.790. The van der Waals surface area contributed by atoms with E-state index in [-0.39, 0.29) is 11.8 Å². The van der Waals surface area contributed by atoms with Gasteiger partial charge in [-0.3, -0.25) is 4.79 Å². The van der Waals surface area contributed by atoms with Crippen LogP contribution in [0.25, 0.3) is 0 Å². The van der Waals surface area contributed by atoms with Crippen molar-refractivity contribution in [1.29, 1.82) is 0 Å². The second kappa shape index (κ2) is 16.6. The van der Waals surface area contributed by atoms with Crippen molar-refractivity contribution in [2.45, 2.75) is 97.8 Å². The first-order valence-electron chi connectivity index (χ1n) is 9.61. The van der Waals surface area contributed by atoms with Crippen molar-refractivity contribution in [3.05, 3.63) is 12.2 Å². The molecule has 1 N–H and O–H groups in total. The number of amides is 1. The van der Waals surface area contributed by atoms with Crippen molar-refractivity contribution in [3.63, 3.8) is 0 Å². The summed E-state index contributed by atoms with van der Waals surface area (Å²) in [6.45, 7) is 6.98. The lowest BCUT2D eigenvalue weighted by Gasteiger charge is -2.06. The standard InChI is InChI=1S/C20H39NO/c1-4-5-6-7-8-9-10-11-12-13-14-15-16-17-18-21-20(22)19(2)3/h11-12,19H,4-10,13-18H2,1-3H3,(H,21,22)/b12-11-. The van der Waals surface area contributed by atoms with Crippen molar-refractivity contribution in [2.75, 3.05) is 6.54 Å². The lowest BCUT2D eigenvalue weighted by atomic mass is 10.1. The van der Waals surface area contributed by atoms with Gasteiger partial charge in [-0.2, -0.15) is 0 Å². The molecule has 0 aromatic heterocycles. The number of unbranched alkanes of at least 4 members (excludes halogenated alkanes) is 10. The number of rotatable bonds is 15. The van der Waals surface area contributed by atoms with Crippen LogP contribution in [0.3, 0.4) is 0 Å². The topological polar surface area (TPSA) is 29.1 Å². The fourth-order valence-corrected chi connectivity index (χ4v) is 2.43. The molecule has 2 nitrogen and oxygen atoms in total. The third kappa shape index (κ3) is 15.6. The van der Waals surface area contributed by atoms with Crippen LogP contribution >= 0.6 is 0 Å². The Morgan fingerprint density at radius 3 is 1.86 bits per heavy atom. The number of carbonyl (C=O) groups is 1. The third-order valence-electron chi connectivity index (χ3n) is 4.01. The first kappa shape index (κ1) is 21.2. The van der Waals surface area contributed by atoms with Crippen molar-refractivity contribution in [3.8, 4) is 0 Å². The molecule has 0 heterocycles. The minimum atomic E-state index is 0.108. The van der Waals surface area contributed by atoms with Crippen LogP contribution in [0.5, 0.6) is 0 Å². The summed E-state index contributed by atoms with van der Waals surface area (Å²) >= 11 is 0. The summed E-state index contributed by atoms with van der Waals surface area (Å²) < 4.78 is 0. The number of hydrogen-bond donors (Lipinski definition) is 1. The summed E-state index contributed by atoms with van der Waals surface area (Å²) in [5.41, 5.74) is 0. The van der Waals surface area contributed by atoms with Crippen LogP contribution in [0.1, 0.15) is 97.8 Å². The van der Waals surface area contributed by atoms with Gasteiger partial charge < -0.3 is 5.32 Å². The summed E-state index contributed by atoms with van der Waals surface area (Å²) in [4.78, 5) is 11.4. The van der Waals surface area contributed by atoms with E-state index in [1.165, 1.54) is 70.6 Å². The fraction of sp³-hybridized carbons (Fsp3) is 0.850. The molecule has 0 radical (unpaired) electrons. The highest BCUT2D eigenvalue weighted by Crippen LogP contribution is 2.08. The molecule has 0 aliphatic heterocycles. The minimum absolute atomic E-state index is 0.108. The molecule has 1 amide bonds. The summed E-state index contributed by atoms with van der Waals surface area (Å²) in [6.07, 6.45) is 20.4. The molecule has 2 heteroatoms. The molecule has 0 aliphatic rings. The van der Waals surface area contributed by atoms with Crippen LogP contribution in [0.4, 0.5) is 0 Å². The summed E-state index contributed by atoms with van der Waals surface area (Å²) in [7, 11) is 0. The Bertz CT molecular complexity index is 271. The van der Waals surface area contributed by atoms with Gasteiger partial charge in [-0.1, -0.05) is 77.9 Å². The van der Waals surface area contributed by atoms with Crippen molar-refractivity contribution >= 4 is 5.91 Å². The SMILES string of the molecule is CCCCCCCC/C=C\CCCCCCNC(=O)C(C)C. The van der Waals surface area contributed by atoms with Gasteiger partial charge in [-0.05, 0) is 32.1 Å². The van der Waals surface area contributed by atoms with E-state index >= 15 is 0 Å². The highest BCUT2D eigenvalue weighted by Gasteiger charge is 2.04. The first-order chi connectivity index (χ1) is 10.7. The second-order valence-corrected chi connectivity index (χ2v) is 6.68. The maximum atomic E-state index is 11.4. The van der Waals surface area contributed by atoms with Gasteiger partial charge in [0.15, 0.2) is 0 Å². The van der Waals surface area contributed by atoms with E-state index in [1.807, 2.05) is 13.8 Å². The van der Waals surface area contributed by atoms with Crippen LogP contribution in [0.2, 0.25) is 0 Å². The van der Waals surface area contributed by atoms with Crippen LogP contribution in [-0.4, -0.2) is 12.5 Å². The molecule has 0 aliphatic carbocycles. The van der Waals surface area contributed by atoms with Gasteiger partial charge in [0, 0.05) is 12.5 Å². The zero-order valence-electron chi connectivity index (χ0n) is 15.3. The van der Waals surface area contributed by atoms with Crippen molar-refractivity contribution in [2.24, 2.45) is 5.92 Å². The van der Waals surface area contributed by atoms with Crippen LogP contribution in [0, 0.1) is 5.92 Å². The van der Waals surface area contributed by atoms with Gasteiger partial charge in [0.05, 0.1) is 0 Å². The monoisotopic (exact) mass is 309 g/mol. The lowest BCUT2D eigenvalue weighted by molar-refractivity contribution is -0.123. The van der Waals surface area contributed by atoms with E-state index in [9.17, 15) is 4.79 Å². The first-order valence-corrected chi connectivity index (χ1v) is 9.61. The number of hydrogen-bond acceptors (Lipinski definition) is 1. The number of carbonyl (C=O) groups excluding carboxylic acids is 1. The van der Waals surface area contributed by atoms with Gasteiger partial charge in [-0.25, -0.2) is 0 Å². The molecule has 0 fully saturated rings. The summed E-state index contributed by atoms with van der Waals surface area (Å²) in [5, 5.41) is 2.97. The predicted octanol–water partition coefficient (Wildman–Crippen LogP) is 6.02. The highest BCUT2D eigenvalue weighted by atomic mass is 16.1. The van der Waals surface area contributed by atoms with E-state index in [1.54, 1.807) is 0 Å². The van der Waals surface area contributed by atoms with E-state index in [4.69, 9.17) is 0 Å². The zero-order valence-corrected chi connectivity index (χ0v) is 15.3. The molecule has 130 valence electrons. The number of nitrogens with one attached hydrogen (secondary N) is 1. The summed E-state index contributed by atoms with van der Waals surface area (Å²) in [6, 6.07) is 0. The smallest absolute Gasteiger partial charge is 0.222 e. The molecule has 0 saturated heterocycles. The van der Waals surface area contributed by atoms with E-state index in [2.05, 4.69) is 24.4 Å². The molecule has 0 atom stereocenters. The van der Waals surface area contributed by atoms with E-state index < -0.39 is 0 Å². The molecule has 0 spiro atoms. The quantitative estimate of drug-likeness (QED) is 0.291. The Morgan fingerprint density at radius 1 is 0.818 bits per heavy atom. The zero-order chi connectivity index (χ0) is 16.5. The maximum absolute atomic E-state index is 11.4. The second-order valence-electron chi connectivity index (χ2n) is 6.68. The Morgan fingerprint density at radius 2 is 1.32 bits per heavy atom. The fourth-order valence-electron chi connectivity index (χ4n) is 2.43. The maximum Gasteiger partial charge on any atom is 0.222 e. The molecular formula is C20H39NO. The Kier molecular flexibility index (Phi) is 16.0. The molecule has 0 unspecified atom stereocenters. The van der Waals surface area contributed by atoms with Gasteiger partial charge in [-0.15, -0.1) is 0 Å². The van der Waals surface area contributed by atoms with E-state index in [0.717, 1.165) is 13.0 Å². The van der Waals surface area contributed by atoms with Gasteiger partial charge in [0.2, 0.25) is 5.91 Å². The molecule has 0 bridgehead atoms. The average Bonchev–Trinajstić information content (AvgIpc) is 2.50. The summed E-state index contributed by atoms with van der Waals surface area (Å²) in [5.74, 6) is 0.286. The third-order valence-corrected chi connectivity index (χ3v) is 4.01. The Balaban J connectivity index is 3.16. The molecule has 0 aromatic rings. The molecular weight excluding hydrogens is 270 g/mol. The highest BCUT2D eigenvalue weighted by molar-refractivity contribution is 5.77. The Labute approximate surface area is 139 Å². The van der Waals surface area contributed by atoms with Crippen molar-refractivity contribution < 1.29 is 4.79 Å². The molecule has 0 rings (SSSR count). The van der Waals surface area contributed by atoms with Crippen molar-refractivity contribution in [1.82, 2.24) is 5.32 Å². The predicted molar refractivity (Wildman–Crippen MR) is 98.1 cm³/mol. The average molecular weight is 310 g/mol. The number of allylic oxidation sites excluding steroid dienone is 2. The molecule has 0 saturated carbocycles. The lowest BCUT2D eigenvalue weighted by Crippen LogP contribution is -2.28. The van der Waals surface area contributed by atoms with E-state index in [0.29, 0.717) is 0 Å². The largest absolute Gasteiger partial charge is 0.356 e. The van der Waals surface area contributed by atoms with Gasteiger partial charge in [0.25, 0.3) is 0 Å². The van der Waals surface area contributed by atoms with Crippen LogP contribution in [-0.2, 0) is 4.79 Å². The van der Waals surface area contributed by atoms with Gasteiger partial charge >= 0.3 is 0 Å². The molecule has 0 aromatic carbocycles.